The number of aromatic hydroxyl groups is 1. The average molecular weight is 216 g/mol. The molecule has 0 aliphatic carbocycles. The predicted octanol–water partition coefficient (Wildman–Crippen LogP) is 3.72. The fourth-order valence-electron chi connectivity index (χ4n) is 1.65. The molecule has 0 unspecified atom stereocenters. The van der Waals surface area contributed by atoms with Crippen LogP contribution in [0.5, 0.6) is 11.5 Å². The Morgan fingerprint density at radius 3 is 2.38 bits per heavy atom. The lowest BCUT2D eigenvalue weighted by atomic mass is 10.1. The van der Waals surface area contributed by atoms with Crippen molar-refractivity contribution in [3.05, 3.63) is 36.4 Å². The summed E-state index contributed by atoms with van der Waals surface area (Å²) < 4.78 is 5.69. The highest BCUT2D eigenvalue weighted by molar-refractivity contribution is 5.90. The topological polar surface area (TPSA) is 29.5 Å². The molecule has 0 heterocycles. The fraction of sp³-hybridized carbons (Fsp3) is 0.286. The van der Waals surface area contributed by atoms with Gasteiger partial charge in [-0.1, -0.05) is 30.3 Å². The van der Waals surface area contributed by atoms with E-state index in [1.165, 1.54) is 0 Å². The van der Waals surface area contributed by atoms with Crippen LogP contribution in [0.2, 0.25) is 0 Å². The lowest BCUT2D eigenvalue weighted by Gasteiger charge is -2.22. The Kier molecular flexibility index (Phi) is 2.50. The van der Waals surface area contributed by atoms with Crippen LogP contribution in [0.15, 0.2) is 36.4 Å². The highest BCUT2D eigenvalue weighted by Crippen LogP contribution is 2.35. The molecule has 0 fully saturated rings. The molecule has 0 bridgehead atoms. The van der Waals surface area contributed by atoms with Crippen molar-refractivity contribution in [3.63, 3.8) is 0 Å². The Labute approximate surface area is 95.5 Å². The molecular weight excluding hydrogens is 200 g/mol. The first-order chi connectivity index (χ1) is 7.47. The number of rotatable bonds is 1. The molecule has 0 saturated carbocycles. The summed E-state index contributed by atoms with van der Waals surface area (Å²) >= 11 is 0. The number of phenolic OH excluding ortho intramolecular Hbond substituents is 1. The molecule has 1 N–H and O–H groups in total. The van der Waals surface area contributed by atoms with E-state index in [1.807, 2.05) is 57.2 Å². The van der Waals surface area contributed by atoms with Gasteiger partial charge in [0.15, 0.2) is 11.5 Å². The molecule has 16 heavy (non-hydrogen) atoms. The van der Waals surface area contributed by atoms with Gasteiger partial charge in [-0.05, 0) is 32.2 Å². The third-order valence-corrected chi connectivity index (χ3v) is 2.28. The maximum Gasteiger partial charge on any atom is 0.165 e. The molecule has 0 saturated heterocycles. The van der Waals surface area contributed by atoms with Crippen LogP contribution in [-0.4, -0.2) is 10.7 Å². The van der Waals surface area contributed by atoms with Crippen molar-refractivity contribution in [2.75, 3.05) is 0 Å². The number of ether oxygens (including phenoxy) is 1. The van der Waals surface area contributed by atoms with Gasteiger partial charge in [0.25, 0.3) is 0 Å². The van der Waals surface area contributed by atoms with E-state index in [1.54, 1.807) is 0 Å². The van der Waals surface area contributed by atoms with Gasteiger partial charge in [0.05, 0.1) is 0 Å². The summed E-state index contributed by atoms with van der Waals surface area (Å²) in [5, 5.41) is 11.9. The number of hydrogen-bond acceptors (Lipinski definition) is 2. The van der Waals surface area contributed by atoms with Crippen molar-refractivity contribution in [1.82, 2.24) is 0 Å². The molecule has 0 spiro atoms. The minimum atomic E-state index is -0.306. The van der Waals surface area contributed by atoms with Crippen LogP contribution in [0, 0.1) is 0 Å². The summed E-state index contributed by atoms with van der Waals surface area (Å²) in [5.41, 5.74) is -0.306. The van der Waals surface area contributed by atoms with Gasteiger partial charge in [0.2, 0.25) is 0 Å². The Morgan fingerprint density at radius 2 is 1.69 bits per heavy atom. The van der Waals surface area contributed by atoms with Crippen LogP contribution in [0.3, 0.4) is 0 Å². The highest BCUT2D eigenvalue weighted by atomic mass is 16.5. The zero-order chi connectivity index (χ0) is 11.8. The van der Waals surface area contributed by atoms with E-state index in [0.29, 0.717) is 5.75 Å². The van der Waals surface area contributed by atoms with Gasteiger partial charge in [-0.25, -0.2) is 0 Å². The smallest absolute Gasteiger partial charge is 0.165 e. The molecule has 0 radical (unpaired) electrons. The number of hydrogen-bond donors (Lipinski definition) is 1. The molecular formula is C14H16O2. The second-order valence-electron chi connectivity index (χ2n) is 4.85. The quantitative estimate of drug-likeness (QED) is 0.787. The van der Waals surface area contributed by atoms with Gasteiger partial charge in [-0.3, -0.25) is 0 Å². The lowest BCUT2D eigenvalue weighted by molar-refractivity contribution is 0.126. The first-order valence-corrected chi connectivity index (χ1v) is 5.37. The van der Waals surface area contributed by atoms with Gasteiger partial charge in [0, 0.05) is 5.39 Å². The van der Waals surface area contributed by atoms with Crippen LogP contribution in [-0.2, 0) is 0 Å². The van der Waals surface area contributed by atoms with E-state index >= 15 is 0 Å². The van der Waals surface area contributed by atoms with Gasteiger partial charge in [0.1, 0.15) is 5.60 Å². The Balaban J connectivity index is 2.53. The van der Waals surface area contributed by atoms with Gasteiger partial charge < -0.3 is 9.84 Å². The summed E-state index contributed by atoms with van der Waals surface area (Å²) in [4.78, 5) is 0. The van der Waals surface area contributed by atoms with Gasteiger partial charge in [-0.2, -0.15) is 0 Å². The SMILES string of the molecule is CC(C)(C)Oc1ccc2ccccc2c1O. The molecule has 2 aromatic carbocycles. The van der Waals surface area contributed by atoms with Crippen LogP contribution in [0.1, 0.15) is 20.8 Å². The molecule has 0 amide bonds. The van der Waals surface area contributed by atoms with Gasteiger partial charge in [-0.15, -0.1) is 0 Å². The second kappa shape index (κ2) is 3.71. The molecule has 2 aromatic rings. The number of fused-ring (bicyclic) bond motifs is 1. The third-order valence-electron chi connectivity index (χ3n) is 2.28. The van der Waals surface area contributed by atoms with E-state index in [0.717, 1.165) is 10.8 Å². The first-order valence-electron chi connectivity index (χ1n) is 5.37. The minimum absolute atomic E-state index is 0.216. The molecule has 2 nitrogen and oxygen atoms in total. The predicted molar refractivity (Wildman–Crippen MR) is 66.0 cm³/mol. The molecule has 0 aromatic heterocycles. The molecule has 0 aliphatic rings. The van der Waals surface area contributed by atoms with Gasteiger partial charge >= 0.3 is 0 Å². The van der Waals surface area contributed by atoms with Crippen molar-refractivity contribution in [2.45, 2.75) is 26.4 Å². The zero-order valence-electron chi connectivity index (χ0n) is 9.82. The van der Waals surface area contributed by atoms with Crippen molar-refractivity contribution in [2.24, 2.45) is 0 Å². The molecule has 2 rings (SSSR count). The van der Waals surface area contributed by atoms with Crippen LogP contribution in [0.4, 0.5) is 0 Å². The Morgan fingerprint density at radius 1 is 1.00 bits per heavy atom. The largest absolute Gasteiger partial charge is 0.504 e. The van der Waals surface area contributed by atoms with E-state index in [-0.39, 0.29) is 11.4 Å². The number of phenols is 1. The van der Waals surface area contributed by atoms with Crippen molar-refractivity contribution < 1.29 is 9.84 Å². The monoisotopic (exact) mass is 216 g/mol. The van der Waals surface area contributed by atoms with Crippen LogP contribution < -0.4 is 4.74 Å². The second-order valence-corrected chi connectivity index (χ2v) is 4.85. The number of benzene rings is 2. The standard InChI is InChI=1S/C14H16O2/c1-14(2,3)16-12-9-8-10-6-4-5-7-11(10)13(12)15/h4-9,15H,1-3H3. The summed E-state index contributed by atoms with van der Waals surface area (Å²) in [6.07, 6.45) is 0. The summed E-state index contributed by atoms with van der Waals surface area (Å²) in [7, 11) is 0. The highest BCUT2D eigenvalue weighted by Gasteiger charge is 2.15. The van der Waals surface area contributed by atoms with Crippen LogP contribution >= 0.6 is 0 Å². The Bertz CT molecular complexity index is 510. The van der Waals surface area contributed by atoms with E-state index < -0.39 is 0 Å². The van der Waals surface area contributed by atoms with E-state index in [2.05, 4.69) is 0 Å². The first kappa shape index (κ1) is 10.8. The minimum Gasteiger partial charge on any atom is -0.504 e. The maximum absolute atomic E-state index is 10.1. The normalized spacial score (nSPS) is 11.7. The molecule has 0 atom stereocenters. The van der Waals surface area contributed by atoms with E-state index in [9.17, 15) is 5.11 Å². The maximum atomic E-state index is 10.1. The summed E-state index contributed by atoms with van der Waals surface area (Å²) in [5.74, 6) is 0.749. The summed E-state index contributed by atoms with van der Waals surface area (Å²) in [6, 6.07) is 11.5. The van der Waals surface area contributed by atoms with E-state index in [4.69, 9.17) is 4.74 Å². The summed E-state index contributed by atoms with van der Waals surface area (Å²) in [6.45, 7) is 5.88. The zero-order valence-corrected chi connectivity index (χ0v) is 9.82. The molecule has 0 aliphatic heterocycles. The average Bonchev–Trinajstić information content (AvgIpc) is 2.21. The fourth-order valence-corrected chi connectivity index (χ4v) is 1.65. The lowest BCUT2D eigenvalue weighted by Crippen LogP contribution is -2.22. The third kappa shape index (κ3) is 2.11. The van der Waals surface area contributed by atoms with Crippen molar-refractivity contribution in [3.8, 4) is 11.5 Å². The molecule has 2 heteroatoms. The molecule has 84 valence electrons. The van der Waals surface area contributed by atoms with Crippen LogP contribution in [0.25, 0.3) is 10.8 Å². The van der Waals surface area contributed by atoms with Crippen molar-refractivity contribution in [1.29, 1.82) is 0 Å². The Hall–Kier alpha value is -1.70. The van der Waals surface area contributed by atoms with Crippen molar-refractivity contribution >= 4 is 10.8 Å².